The van der Waals surface area contributed by atoms with E-state index in [2.05, 4.69) is 31.4 Å². The summed E-state index contributed by atoms with van der Waals surface area (Å²) in [4.78, 5) is 31.5. The summed E-state index contributed by atoms with van der Waals surface area (Å²) in [6.07, 6.45) is 5.34. The van der Waals surface area contributed by atoms with Crippen LogP contribution in [0.1, 0.15) is 57.6 Å². The first-order valence-corrected chi connectivity index (χ1v) is 11.3. The van der Waals surface area contributed by atoms with E-state index in [0.29, 0.717) is 34.5 Å². The van der Waals surface area contributed by atoms with Gasteiger partial charge in [0.1, 0.15) is 5.76 Å². The van der Waals surface area contributed by atoms with Gasteiger partial charge in [-0.25, -0.2) is 5.43 Å². The van der Waals surface area contributed by atoms with Crippen molar-refractivity contribution in [3.63, 3.8) is 0 Å². The van der Waals surface area contributed by atoms with Crippen molar-refractivity contribution in [1.29, 1.82) is 0 Å². The summed E-state index contributed by atoms with van der Waals surface area (Å²) in [5.41, 5.74) is 6.11. The zero-order valence-corrected chi connectivity index (χ0v) is 19.5. The molecular formula is C24H23BrN4O3. The number of pyridine rings is 1. The van der Waals surface area contributed by atoms with Gasteiger partial charge in [-0.1, -0.05) is 18.2 Å². The fraction of sp³-hybridized carbons (Fsp3) is 0.250. The van der Waals surface area contributed by atoms with Gasteiger partial charge in [0.15, 0.2) is 5.76 Å². The van der Waals surface area contributed by atoms with Crippen molar-refractivity contribution in [2.45, 2.75) is 33.1 Å². The lowest BCUT2D eigenvalue weighted by Gasteiger charge is -2.20. The van der Waals surface area contributed by atoms with Crippen LogP contribution in [0.15, 0.2) is 62.8 Å². The molecule has 0 unspecified atom stereocenters. The smallest absolute Gasteiger partial charge is 0.294 e. The monoisotopic (exact) mass is 494 g/mol. The Morgan fingerprint density at radius 2 is 2.00 bits per heavy atom. The number of anilines is 1. The molecule has 0 aliphatic heterocycles. The number of fused-ring (bicyclic) bond motifs is 1. The lowest BCUT2D eigenvalue weighted by molar-refractivity contribution is 0.0949. The Balaban J connectivity index is 1.62. The van der Waals surface area contributed by atoms with Gasteiger partial charge in [-0.3, -0.25) is 14.6 Å². The average molecular weight is 495 g/mol. The Labute approximate surface area is 194 Å². The van der Waals surface area contributed by atoms with E-state index >= 15 is 0 Å². The third-order valence-electron chi connectivity index (χ3n) is 5.41. The number of hydrogen-bond donors (Lipinski definition) is 1. The molecular weight excluding hydrogens is 472 g/mol. The maximum Gasteiger partial charge on any atom is 0.294 e. The molecule has 164 valence electrons. The number of aryl methyl sites for hydroxylation is 1. The second-order valence-electron chi connectivity index (χ2n) is 7.48. The first-order valence-electron chi connectivity index (χ1n) is 10.5. The van der Waals surface area contributed by atoms with Crippen molar-refractivity contribution in [3.8, 4) is 0 Å². The number of amides is 2. The van der Waals surface area contributed by atoms with Crippen LogP contribution in [0.5, 0.6) is 0 Å². The Hall–Kier alpha value is -3.26. The molecule has 1 aromatic carbocycles. The molecule has 32 heavy (non-hydrogen) atoms. The molecule has 0 saturated heterocycles. The molecule has 0 spiro atoms. The largest absolute Gasteiger partial charge is 0.455 e. The van der Waals surface area contributed by atoms with Gasteiger partial charge >= 0.3 is 0 Å². The molecule has 0 saturated carbocycles. The Bertz CT molecular complexity index is 1190. The summed E-state index contributed by atoms with van der Waals surface area (Å²) in [5.74, 6) is 0.516. The first-order chi connectivity index (χ1) is 15.5. The minimum Gasteiger partial charge on any atom is -0.455 e. The summed E-state index contributed by atoms with van der Waals surface area (Å²) in [6, 6.07) is 11.2. The number of hydrazone groups is 1. The minimum absolute atomic E-state index is 0.186. The van der Waals surface area contributed by atoms with Crippen LogP contribution in [-0.2, 0) is 6.42 Å². The van der Waals surface area contributed by atoms with E-state index < -0.39 is 0 Å². The summed E-state index contributed by atoms with van der Waals surface area (Å²) >= 11 is 3.31. The topological polar surface area (TPSA) is 87.8 Å². The predicted octanol–water partition coefficient (Wildman–Crippen LogP) is 4.88. The third-order valence-corrected chi connectivity index (χ3v) is 5.84. The number of aromatic nitrogens is 1. The molecule has 0 radical (unpaired) electrons. The Kier molecular flexibility index (Phi) is 6.50. The molecule has 3 aromatic rings. The van der Waals surface area contributed by atoms with E-state index in [1.807, 2.05) is 44.2 Å². The van der Waals surface area contributed by atoms with Crippen molar-refractivity contribution in [3.05, 3.63) is 81.5 Å². The highest BCUT2D eigenvalue weighted by Gasteiger charge is 2.30. The average Bonchev–Trinajstić information content (AvgIpc) is 3.15. The number of furan rings is 1. The first kappa shape index (κ1) is 22.0. The minimum atomic E-state index is -0.350. The molecule has 4 rings (SSSR count). The number of benzene rings is 1. The summed E-state index contributed by atoms with van der Waals surface area (Å²) in [5, 5.41) is 4.38. The fourth-order valence-electron chi connectivity index (χ4n) is 3.88. The quantitative estimate of drug-likeness (QED) is 0.511. The van der Waals surface area contributed by atoms with Gasteiger partial charge in [0.05, 0.1) is 11.3 Å². The van der Waals surface area contributed by atoms with Gasteiger partial charge in [-0.2, -0.15) is 5.10 Å². The lowest BCUT2D eigenvalue weighted by Crippen LogP contribution is -2.30. The van der Waals surface area contributed by atoms with Crippen LogP contribution in [0, 0.1) is 6.92 Å². The third kappa shape index (κ3) is 4.36. The van der Waals surface area contributed by atoms with Gasteiger partial charge in [0.2, 0.25) is 0 Å². The highest BCUT2D eigenvalue weighted by Crippen LogP contribution is 2.31. The molecule has 1 N–H and O–H groups in total. The molecule has 8 heteroatoms. The van der Waals surface area contributed by atoms with Crippen LogP contribution in [0.4, 0.5) is 5.69 Å². The molecule has 2 aromatic heterocycles. The number of hydrogen-bond acceptors (Lipinski definition) is 5. The van der Waals surface area contributed by atoms with Crippen molar-refractivity contribution in [1.82, 2.24) is 10.4 Å². The van der Waals surface area contributed by atoms with E-state index in [1.165, 1.54) is 6.20 Å². The predicted molar refractivity (Wildman–Crippen MR) is 126 cm³/mol. The number of rotatable bonds is 5. The van der Waals surface area contributed by atoms with Crippen LogP contribution in [0.2, 0.25) is 0 Å². The zero-order valence-electron chi connectivity index (χ0n) is 17.9. The van der Waals surface area contributed by atoms with Crippen molar-refractivity contribution >= 4 is 39.1 Å². The molecule has 2 amide bonds. The fourth-order valence-corrected chi connectivity index (χ4v) is 4.24. The number of halogens is 1. The van der Waals surface area contributed by atoms with E-state index in [9.17, 15) is 9.59 Å². The maximum atomic E-state index is 13.3. The van der Waals surface area contributed by atoms with Crippen LogP contribution < -0.4 is 10.3 Å². The molecule has 7 nitrogen and oxygen atoms in total. The van der Waals surface area contributed by atoms with Crippen molar-refractivity contribution in [2.24, 2.45) is 5.10 Å². The van der Waals surface area contributed by atoms with E-state index in [1.54, 1.807) is 17.2 Å². The molecule has 1 aliphatic carbocycles. The van der Waals surface area contributed by atoms with Crippen molar-refractivity contribution in [2.75, 3.05) is 11.4 Å². The standard InChI is InChI=1S/C24H23BrN4O3/c1-3-29(18-8-5-4-6-9-18)24(31)22-15(2)21-19(10-7-11-20(21)32-22)27-28-23(30)16-12-17(25)14-26-13-16/h4-6,8-9,12-14H,3,7,10-11H2,1-2H3,(H,28,30)/b27-19+. The zero-order chi connectivity index (χ0) is 22.7. The number of nitrogens with one attached hydrogen (secondary N) is 1. The number of carbonyl (C=O) groups is 2. The number of para-hydroxylation sites is 1. The summed E-state index contributed by atoms with van der Waals surface area (Å²) < 4.78 is 6.75. The molecule has 0 bridgehead atoms. The van der Waals surface area contributed by atoms with Crippen LogP contribution >= 0.6 is 15.9 Å². The van der Waals surface area contributed by atoms with Gasteiger partial charge in [0.25, 0.3) is 11.8 Å². The van der Waals surface area contributed by atoms with E-state index in [-0.39, 0.29) is 11.8 Å². The van der Waals surface area contributed by atoms with Crippen molar-refractivity contribution < 1.29 is 14.0 Å². The normalized spacial score (nSPS) is 14.2. The highest BCUT2D eigenvalue weighted by atomic mass is 79.9. The summed E-state index contributed by atoms with van der Waals surface area (Å²) in [6.45, 7) is 4.32. The lowest BCUT2D eigenvalue weighted by atomic mass is 9.93. The number of nitrogens with zero attached hydrogens (tertiary/aromatic N) is 3. The number of carbonyl (C=O) groups excluding carboxylic acids is 2. The van der Waals surface area contributed by atoms with E-state index in [0.717, 1.165) is 35.4 Å². The maximum absolute atomic E-state index is 13.3. The highest BCUT2D eigenvalue weighted by molar-refractivity contribution is 9.10. The Morgan fingerprint density at radius 1 is 1.22 bits per heavy atom. The second-order valence-corrected chi connectivity index (χ2v) is 8.40. The second kappa shape index (κ2) is 9.48. The van der Waals surface area contributed by atoms with Gasteiger partial charge in [-0.15, -0.1) is 0 Å². The molecule has 1 aliphatic rings. The van der Waals surface area contributed by atoms with Crippen LogP contribution in [0.25, 0.3) is 0 Å². The van der Waals surface area contributed by atoms with Gasteiger partial charge in [0, 0.05) is 46.6 Å². The molecule has 0 atom stereocenters. The van der Waals surface area contributed by atoms with Gasteiger partial charge < -0.3 is 9.32 Å². The SMILES string of the molecule is CCN(C(=O)c1oc2c(c1C)/C(=N/NC(=O)c1cncc(Br)c1)CCC2)c1ccccc1. The van der Waals surface area contributed by atoms with Crippen LogP contribution in [0.3, 0.4) is 0 Å². The Morgan fingerprint density at radius 3 is 2.72 bits per heavy atom. The molecule has 2 heterocycles. The summed E-state index contributed by atoms with van der Waals surface area (Å²) in [7, 11) is 0. The van der Waals surface area contributed by atoms with E-state index in [4.69, 9.17) is 4.42 Å². The van der Waals surface area contributed by atoms with Gasteiger partial charge in [-0.05, 0) is 60.8 Å². The van der Waals surface area contributed by atoms with Crippen LogP contribution in [-0.4, -0.2) is 29.1 Å². The molecule has 0 fully saturated rings.